The van der Waals surface area contributed by atoms with Crippen molar-refractivity contribution in [2.24, 2.45) is 11.1 Å². The zero-order chi connectivity index (χ0) is 13.5. The van der Waals surface area contributed by atoms with E-state index in [1.54, 1.807) is 13.3 Å². The van der Waals surface area contributed by atoms with Crippen molar-refractivity contribution >= 4 is 14.6 Å². The third-order valence-corrected chi connectivity index (χ3v) is 3.90. The largest absolute Gasteiger partial charge is 0.382 e. The van der Waals surface area contributed by atoms with E-state index >= 15 is 0 Å². The van der Waals surface area contributed by atoms with Crippen LogP contribution < -0.4 is 0 Å². The summed E-state index contributed by atoms with van der Waals surface area (Å²) in [7, 11) is 0.652. The summed E-state index contributed by atoms with van der Waals surface area (Å²) in [5.74, 6) is 0.328. The molecule has 0 saturated carbocycles. The van der Waals surface area contributed by atoms with Crippen LogP contribution in [-0.4, -0.2) is 44.9 Å². The zero-order valence-corrected chi connectivity index (χ0v) is 12.7. The molecule has 6 heteroatoms. The predicted octanol–water partition coefficient (Wildman–Crippen LogP) is 2.80. The van der Waals surface area contributed by atoms with Crippen LogP contribution in [0.15, 0.2) is 5.16 Å². The van der Waals surface area contributed by atoms with E-state index in [4.69, 9.17) is 18.6 Å². The fraction of sp³-hybridized carbons (Fsp3) is 0.917. The van der Waals surface area contributed by atoms with E-state index in [1.807, 2.05) is 13.6 Å². The number of methoxy groups -OCH3 is 1. The fourth-order valence-corrected chi connectivity index (χ4v) is 2.82. The molecule has 0 N–H and O–H groups in total. The van der Waals surface area contributed by atoms with Gasteiger partial charge in [-0.25, -0.2) is 0 Å². The molecule has 0 aromatic carbocycles. The molecule has 0 aromatic heterocycles. The Morgan fingerprint density at radius 1 is 1.39 bits per heavy atom. The molecule has 2 unspecified atom stereocenters. The molecule has 0 aromatic rings. The first-order valence-electron chi connectivity index (χ1n) is 6.34. The SMILES string of the molecule is CC/C=N/OP(C)O[C@@H]1C(C)[C@H](C)O[C@@H]1COC. The standard InChI is InChI=1S/C12H24NO4P/c1-6-7-13-17-18(5)16-12-9(2)10(3)15-11(12)8-14-4/h7,9-12H,6,8H2,1-5H3/b13-7+/t9?,10-,11+,12+,18?/m0/s1. The van der Waals surface area contributed by atoms with E-state index in [1.165, 1.54) is 0 Å². The first kappa shape index (κ1) is 15.8. The zero-order valence-electron chi connectivity index (χ0n) is 11.8. The highest BCUT2D eigenvalue weighted by molar-refractivity contribution is 7.46. The smallest absolute Gasteiger partial charge is 0.258 e. The molecule has 1 fully saturated rings. The van der Waals surface area contributed by atoms with Gasteiger partial charge in [0.15, 0.2) is 0 Å². The summed E-state index contributed by atoms with van der Waals surface area (Å²) in [4.78, 5) is 0. The van der Waals surface area contributed by atoms with Crippen molar-refractivity contribution in [1.82, 2.24) is 0 Å². The molecule has 1 rings (SSSR count). The molecule has 1 heterocycles. The van der Waals surface area contributed by atoms with Gasteiger partial charge in [0.05, 0.1) is 18.8 Å². The number of ether oxygens (including phenoxy) is 2. The van der Waals surface area contributed by atoms with Crippen molar-refractivity contribution in [3.8, 4) is 0 Å². The van der Waals surface area contributed by atoms with Gasteiger partial charge in [-0.3, -0.25) is 0 Å². The minimum absolute atomic E-state index is 0.00730. The Kier molecular flexibility index (Phi) is 7.08. The van der Waals surface area contributed by atoms with Crippen LogP contribution in [0.3, 0.4) is 0 Å². The molecule has 0 spiro atoms. The molecule has 5 atom stereocenters. The van der Waals surface area contributed by atoms with Gasteiger partial charge in [0.2, 0.25) is 0 Å². The van der Waals surface area contributed by atoms with Crippen LogP contribution in [0.25, 0.3) is 0 Å². The number of hydrogen-bond acceptors (Lipinski definition) is 5. The molecular formula is C12H24NO4P. The fourth-order valence-electron chi connectivity index (χ4n) is 1.91. The normalized spacial score (nSPS) is 34.1. The predicted molar refractivity (Wildman–Crippen MR) is 73.0 cm³/mol. The summed E-state index contributed by atoms with van der Waals surface area (Å²) >= 11 is 0. The molecular weight excluding hydrogens is 253 g/mol. The highest BCUT2D eigenvalue weighted by Crippen LogP contribution is 2.41. The molecule has 1 aliphatic heterocycles. The number of rotatable bonds is 7. The first-order chi connectivity index (χ1) is 8.60. The third kappa shape index (κ3) is 4.47. The Morgan fingerprint density at radius 3 is 2.72 bits per heavy atom. The van der Waals surface area contributed by atoms with E-state index in [0.717, 1.165) is 6.42 Å². The second-order valence-electron chi connectivity index (χ2n) is 4.48. The number of nitrogens with zero attached hydrogens (tertiary/aromatic N) is 1. The van der Waals surface area contributed by atoms with Gasteiger partial charge in [0.1, 0.15) is 6.10 Å². The van der Waals surface area contributed by atoms with E-state index in [-0.39, 0.29) is 18.3 Å². The maximum absolute atomic E-state index is 5.93. The van der Waals surface area contributed by atoms with Gasteiger partial charge in [0.25, 0.3) is 8.38 Å². The van der Waals surface area contributed by atoms with Crippen LogP contribution >= 0.6 is 8.38 Å². The Bertz CT molecular complexity index is 264. The van der Waals surface area contributed by atoms with Gasteiger partial charge in [-0.05, 0) is 13.3 Å². The highest BCUT2D eigenvalue weighted by Gasteiger charge is 2.41. The monoisotopic (exact) mass is 277 g/mol. The van der Waals surface area contributed by atoms with Gasteiger partial charge in [0, 0.05) is 25.9 Å². The lowest BCUT2D eigenvalue weighted by Gasteiger charge is -2.22. The average Bonchev–Trinajstić information content (AvgIpc) is 2.58. The van der Waals surface area contributed by atoms with Crippen LogP contribution in [0.1, 0.15) is 27.2 Å². The summed E-state index contributed by atoms with van der Waals surface area (Å²) in [6.45, 7) is 8.64. The lowest BCUT2D eigenvalue weighted by Crippen LogP contribution is -2.31. The van der Waals surface area contributed by atoms with Crippen molar-refractivity contribution in [2.75, 3.05) is 20.4 Å². The first-order valence-corrected chi connectivity index (χ1v) is 7.96. The van der Waals surface area contributed by atoms with Crippen molar-refractivity contribution in [3.05, 3.63) is 0 Å². The summed E-state index contributed by atoms with van der Waals surface area (Å²) in [6.07, 6.45) is 2.75. The van der Waals surface area contributed by atoms with Gasteiger partial charge in [-0.2, -0.15) is 0 Å². The van der Waals surface area contributed by atoms with Crippen LogP contribution in [-0.2, 0) is 18.6 Å². The summed E-state index contributed by atoms with van der Waals surface area (Å²) in [5, 5.41) is 3.85. The Hall–Kier alpha value is -0.220. The molecule has 0 radical (unpaired) electrons. The molecule has 106 valence electrons. The van der Waals surface area contributed by atoms with E-state index < -0.39 is 8.38 Å². The second-order valence-corrected chi connectivity index (χ2v) is 5.74. The van der Waals surface area contributed by atoms with Crippen molar-refractivity contribution < 1.29 is 18.6 Å². The Morgan fingerprint density at radius 2 is 2.11 bits per heavy atom. The maximum Gasteiger partial charge on any atom is 0.258 e. The molecule has 5 nitrogen and oxygen atoms in total. The second kappa shape index (κ2) is 8.05. The quantitative estimate of drug-likeness (QED) is 0.408. The molecule has 0 aliphatic carbocycles. The molecule has 1 aliphatic rings. The third-order valence-electron chi connectivity index (χ3n) is 3.03. The van der Waals surface area contributed by atoms with Crippen molar-refractivity contribution in [3.63, 3.8) is 0 Å². The number of oxime groups is 1. The summed E-state index contributed by atoms with van der Waals surface area (Å²) < 4.78 is 22.2. The molecule has 0 bridgehead atoms. The van der Waals surface area contributed by atoms with Gasteiger partial charge < -0.3 is 18.6 Å². The lowest BCUT2D eigenvalue weighted by atomic mass is 10.00. The van der Waals surface area contributed by atoms with E-state index in [2.05, 4.69) is 19.0 Å². The molecule has 0 amide bonds. The van der Waals surface area contributed by atoms with Crippen molar-refractivity contribution in [2.45, 2.75) is 45.5 Å². The minimum Gasteiger partial charge on any atom is -0.382 e. The number of hydrogen-bond donors (Lipinski definition) is 0. The summed E-state index contributed by atoms with van der Waals surface area (Å²) in [5.41, 5.74) is 0. The molecule has 18 heavy (non-hydrogen) atoms. The van der Waals surface area contributed by atoms with Crippen LogP contribution in [0.5, 0.6) is 0 Å². The lowest BCUT2D eigenvalue weighted by molar-refractivity contribution is -0.0233. The minimum atomic E-state index is -1.02. The van der Waals surface area contributed by atoms with E-state index in [9.17, 15) is 0 Å². The van der Waals surface area contributed by atoms with Crippen LogP contribution in [0.2, 0.25) is 0 Å². The van der Waals surface area contributed by atoms with Gasteiger partial charge in [-0.1, -0.05) is 19.0 Å². The van der Waals surface area contributed by atoms with Crippen LogP contribution in [0, 0.1) is 5.92 Å². The maximum atomic E-state index is 5.93. The molecule has 1 saturated heterocycles. The Balaban J connectivity index is 2.48. The Labute approximate surface area is 111 Å². The highest BCUT2D eigenvalue weighted by atomic mass is 31.2. The van der Waals surface area contributed by atoms with Crippen molar-refractivity contribution in [1.29, 1.82) is 0 Å². The topological polar surface area (TPSA) is 49.3 Å². The van der Waals surface area contributed by atoms with E-state index in [0.29, 0.717) is 12.5 Å². The average molecular weight is 277 g/mol. The summed E-state index contributed by atoms with van der Waals surface area (Å²) in [6, 6.07) is 0. The van der Waals surface area contributed by atoms with Crippen LogP contribution in [0.4, 0.5) is 0 Å². The van der Waals surface area contributed by atoms with Gasteiger partial charge in [-0.15, -0.1) is 0 Å². The van der Waals surface area contributed by atoms with Gasteiger partial charge >= 0.3 is 0 Å².